The van der Waals surface area contributed by atoms with E-state index in [9.17, 15) is 0 Å². The van der Waals surface area contributed by atoms with Crippen LogP contribution in [0.4, 0.5) is 0 Å². The van der Waals surface area contributed by atoms with Crippen LogP contribution >= 0.6 is 0 Å². The zero-order chi connectivity index (χ0) is 14.5. The SMILES string of the molecule is CC1(C)O[C@H]2[C@@H](O1)[C@@H](CC#N)O[C@H]2[C@H]1COC(C)(C)O1. The van der Waals surface area contributed by atoms with Gasteiger partial charge in [-0.25, -0.2) is 0 Å². The van der Waals surface area contributed by atoms with E-state index in [0.717, 1.165) is 0 Å². The Morgan fingerprint density at radius 3 is 2.30 bits per heavy atom. The lowest BCUT2D eigenvalue weighted by atomic mass is 10.0. The smallest absolute Gasteiger partial charge is 0.164 e. The summed E-state index contributed by atoms with van der Waals surface area (Å²) in [7, 11) is 0. The number of fused-ring (bicyclic) bond motifs is 1. The lowest BCUT2D eigenvalue weighted by Crippen LogP contribution is -2.40. The number of hydrogen-bond donors (Lipinski definition) is 0. The maximum atomic E-state index is 8.93. The first kappa shape index (κ1) is 14.2. The molecule has 0 bridgehead atoms. The Hall–Kier alpha value is -0.710. The molecule has 112 valence electrons. The van der Waals surface area contributed by atoms with Gasteiger partial charge in [-0.15, -0.1) is 0 Å². The van der Waals surface area contributed by atoms with Gasteiger partial charge in [0.1, 0.15) is 30.5 Å². The molecule has 3 fully saturated rings. The Morgan fingerprint density at radius 1 is 1.00 bits per heavy atom. The molecule has 0 aromatic carbocycles. The summed E-state index contributed by atoms with van der Waals surface area (Å²) < 4.78 is 29.3. The molecule has 20 heavy (non-hydrogen) atoms. The van der Waals surface area contributed by atoms with Gasteiger partial charge in [0, 0.05) is 0 Å². The minimum atomic E-state index is -0.653. The topological polar surface area (TPSA) is 69.9 Å². The van der Waals surface area contributed by atoms with Crippen molar-refractivity contribution < 1.29 is 23.7 Å². The maximum Gasteiger partial charge on any atom is 0.164 e. The lowest BCUT2D eigenvalue weighted by Gasteiger charge is -2.26. The largest absolute Gasteiger partial charge is 0.365 e. The molecule has 0 aromatic rings. The molecular weight excluding hydrogens is 262 g/mol. The van der Waals surface area contributed by atoms with Crippen molar-refractivity contribution in [2.24, 2.45) is 0 Å². The molecule has 3 saturated heterocycles. The number of ether oxygens (including phenoxy) is 5. The van der Waals surface area contributed by atoms with Crippen molar-refractivity contribution in [2.45, 2.75) is 76.2 Å². The van der Waals surface area contributed by atoms with Crippen LogP contribution in [0.1, 0.15) is 34.1 Å². The maximum absolute atomic E-state index is 8.93. The molecule has 3 rings (SSSR count). The van der Waals surface area contributed by atoms with E-state index in [1.54, 1.807) is 0 Å². The molecule has 0 aliphatic carbocycles. The highest BCUT2D eigenvalue weighted by Crippen LogP contribution is 2.42. The highest BCUT2D eigenvalue weighted by molar-refractivity contribution is 5.03. The predicted octanol–water partition coefficient (Wildman–Crippen LogP) is 1.34. The molecule has 0 spiro atoms. The zero-order valence-electron chi connectivity index (χ0n) is 12.3. The molecule has 0 N–H and O–H groups in total. The molecule has 5 atom stereocenters. The molecule has 0 radical (unpaired) electrons. The molecule has 0 aromatic heterocycles. The molecule has 3 aliphatic rings. The molecule has 6 nitrogen and oxygen atoms in total. The van der Waals surface area contributed by atoms with E-state index in [1.807, 2.05) is 27.7 Å². The fraction of sp³-hybridized carbons (Fsp3) is 0.929. The minimum Gasteiger partial charge on any atom is -0.365 e. The highest BCUT2D eigenvalue weighted by Gasteiger charge is 2.58. The predicted molar refractivity (Wildman–Crippen MR) is 67.6 cm³/mol. The van der Waals surface area contributed by atoms with Crippen LogP contribution in [0.5, 0.6) is 0 Å². The van der Waals surface area contributed by atoms with Gasteiger partial charge in [0.25, 0.3) is 0 Å². The Bertz CT molecular complexity index is 430. The van der Waals surface area contributed by atoms with Crippen LogP contribution in [0.2, 0.25) is 0 Å². The Balaban J connectivity index is 1.77. The summed E-state index contributed by atoms with van der Waals surface area (Å²) in [6.07, 6.45) is -0.883. The lowest BCUT2D eigenvalue weighted by molar-refractivity contribution is -0.205. The van der Waals surface area contributed by atoms with E-state index in [4.69, 9.17) is 28.9 Å². The summed E-state index contributed by atoms with van der Waals surface area (Å²) in [6, 6.07) is 2.14. The molecular formula is C14H21NO5. The van der Waals surface area contributed by atoms with Crippen LogP contribution < -0.4 is 0 Å². The average Bonchev–Trinajstić information content (AvgIpc) is 2.92. The summed E-state index contributed by atoms with van der Waals surface area (Å²) in [6.45, 7) is 7.97. The summed E-state index contributed by atoms with van der Waals surface area (Å²) in [5.41, 5.74) is 0. The molecule has 0 amide bonds. The van der Waals surface area contributed by atoms with Gasteiger partial charge >= 0.3 is 0 Å². The number of nitrogens with zero attached hydrogens (tertiary/aromatic N) is 1. The normalized spacial score (nSPS) is 45.2. The van der Waals surface area contributed by atoms with Crippen LogP contribution in [0, 0.1) is 11.3 Å². The summed E-state index contributed by atoms with van der Waals surface area (Å²) >= 11 is 0. The van der Waals surface area contributed by atoms with Gasteiger partial charge in [0.2, 0.25) is 0 Å². The van der Waals surface area contributed by atoms with Gasteiger partial charge in [-0.2, -0.15) is 5.26 Å². The van der Waals surface area contributed by atoms with Crippen molar-refractivity contribution >= 4 is 0 Å². The first-order valence-electron chi connectivity index (χ1n) is 7.01. The Labute approximate surface area is 118 Å². The zero-order valence-corrected chi connectivity index (χ0v) is 12.3. The summed E-state index contributed by atoms with van der Waals surface area (Å²) in [5, 5.41) is 8.93. The van der Waals surface area contributed by atoms with E-state index in [2.05, 4.69) is 6.07 Å². The minimum absolute atomic E-state index is 0.196. The highest BCUT2D eigenvalue weighted by atomic mass is 16.8. The van der Waals surface area contributed by atoms with Crippen LogP contribution in [-0.2, 0) is 23.7 Å². The van der Waals surface area contributed by atoms with Crippen LogP contribution in [0.15, 0.2) is 0 Å². The van der Waals surface area contributed by atoms with Crippen molar-refractivity contribution in [3.8, 4) is 6.07 Å². The van der Waals surface area contributed by atoms with Crippen LogP contribution in [0.25, 0.3) is 0 Å². The monoisotopic (exact) mass is 283 g/mol. The average molecular weight is 283 g/mol. The Kier molecular flexibility index (Phi) is 3.31. The number of hydrogen-bond acceptors (Lipinski definition) is 6. The van der Waals surface area contributed by atoms with Crippen molar-refractivity contribution in [3.05, 3.63) is 0 Å². The number of rotatable bonds is 2. The molecule has 0 unspecified atom stereocenters. The summed E-state index contributed by atoms with van der Waals surface area (Å²) in [5.74, 6) is -1.26. The van der Waals surface area contributed by atoms with E-state index in [0.29, 0.717) is 6.61 Å². The second-order valence-corrected chi connectivity index (χ2v) is 6.43. The van der Waals surface area contributed by atoms with Gasteiger partial charge < -0.3 is 23.7 Å². The summed E-state index contributed by atoms with van der Waals surface area (Å²) in [4.78, 5) is 0. The molecule has 0 saturated carbocycles. The van der Waals surface area contributed by atoms with Gasteiger partial charge in [0.05, 0.1) is 19.1 Å². The van der Waals surface area contributed by atoms with Gasteiger partial charge in [-0.3, -0.25) is 0 Å². The van der Waals surface area contributed by atoms with E-state index < -0.39 is 11.6 Å². The molecule has 3 aliphatic heterocycles. The van der Waals surface area contributed by atoms with E-state index in [1.165, 1.54) is 0 Å². The third-order valence-electron chi connectivity index (χ3n) is 3.88. The van der Waals surface area contributed by atoms with Crippen molar-refractivity contribution in [1.82, 2.24) is 0 Å². The third kappa shape index (κ3) is 2.45. The first-order chi connectivity index (χ1) is 9.31. The second kappa shape index (κ2) is 4.65. The van der Waals surface area contributed by atoms with Gasteiger partial charge in [-0.1, -0.05) is 0 Å². The molecule has 3 heterocycles. The fourth-order valence-electron chi connectivity index (χ4n) is 3.15. The fourth-order valence-corrected chi connectivity index (χ4v) is 3.15. The van der Waals surface area contributed by atoms with Crippen molar-refractivity contribution in [2.75, 3.05) is 6.61 Å². The van der Waals surface area contributed by atoms with Gasteiger partial charge in [0.15, 0.2) is 11.6 Å². The van der Waals surface area contributed by atoms with Gasteiger partial charge in [-0.05, 0) is 27.7 Å². The Morgan fingerprint density at radius 2 is 1.70 bits per heavy atom. The van der Waals surface area contributed by atoms with E-state index in [-0.39, 0.29) is 36.9 Å². The van der Waals surface area contributed by atoms with Crippen LogP contribution in [0.3, 0.4) is 0 Å². The number of nitriles is 1. The first-order valence-corrected chi connectivity index (χ1v) is 7.01. The standard InChI is InChI=1S/C14H21NO5/c1-13(2)16-7-9(18-13)10-12-11(8(17-10)5-6-15)19-14(3,4)20-12/h8-12H,5,7H2,1-4H3/t8-,9-,10+,11+,12-/m1/s1. The quantitative estimate of drug-likeness (QED) is 0.761. The van der Waals surface area contributed by atoms with Crippen LogP contribution in [-0.4, -0.2) is 48.7 Å². The van der Waals surface area contributed by atoms with E-state index >= 15 is 0 Å². The van der Waals surface area contributed by atoms with Crippen molar-refractivity contribution in [3.63, 3.8) is 0 Å². The molecule has 6 heteroatoms. The van der Waals surface area contributed by atoms with Crippen molar-refractivity contribution in [1.29, 1.82) is 5.26 Å². The third-order valence-corrected chi connectivity index (χ3v) is 3.88. The second-order valence-electron chi connectivity index (χ2n) is 6.43.